The van der Waals surface area contributed by atoms with E-state index < -0.39 is 12.1 Å². The molecule has 148 valence electrons. The van der Waals surface area contributed by atoms with Crippen molar-refractivity contribution in [1.29, 1.82) is 0 Å². The minimum atomic E-state index is -0.816. The van der Waals surface area contributed by atoms with Crippen LogP contribution in [0.25, 0.3) is 11.1 Å². The Morgan fingerprint density at radius 2 is 2.04 bits per heavy atom. The number of nitrogens with one attached hydrogen (secondary N) is 2. The third-order valence-corrected chi connectivity index (χ3v) is 3.99. The van der Waals surface area contributed by atoms with Gasteiger partial charge < -0.3 is 29.6 Å². The van der Waals surface area contributed by atoms with Crippen LogP contribution in [0.5, 0.6) is 5.75 Å². The van der Waals surface area contributed by atoms with E-state index in [4.69, 9.17) is 13.9 Å². The zero-order valence-electron chi connectivity index (χ0n) is 15.8. The number of anilines is 1. The summed E-state index contributed by atoms with van der Waals surface area (Å²) in [6.45, 7) is 2.30. The number of carbonyl (C=O) groups is 1. The second kappa shape index (κ2) is 9.20. The van der Waals surface area contributed by atoms with Crippen molar-refractivity contribution in [2.75, 3.05) is 25.6 Å². The second-order valence-corrected chi connectivity index (χ2v) is 6.27. The van der Waals surface area contributed by atoms with Crippen molar-refractivity contribution in [1.82, 2.24) is 10.3 Å². The molecule has 0 fully saturated rings. The number of aryl methyl sites for hydroxylation is 1. The van der Waals surface area contributed by atoms with Crippen LogP contribution >= 0.6 is 0 Å². The number of benzene rings is 2. The average Bonchev–Trinajstić information content (AvgIpc) is 3.06. The van der Waals surface area contributed by atoms with Crippen molar-refractivity contribution < 1.29 is 23.8 Å². The van der Waals surface area contributed by atoms with Crippen LogP contribution in [-0.2, 0) is 11.3 Å². The minimum Gasteiger partial charge on any atom is -0.497 e. The molecule has 0 radical (unpaired) electrons. The van der Waals surface area contributed by atoms with Gasteiger partial charge in [-0.05, 0) is 29.8 Å². The van der Waals surface area contributed by atoms with E-state index in [-0.39, 0.29) is 13.2 Å². The lowest BCUT2D eigenvalue weighted by molar-refractivity contribution is 0.0302. The Labute approximate surface area is 162 Å². The van der Waals surface area contributed by atoms with E-state index in [0.717, 1.165) is 16.8 Å². The lowest BCUT2D eigenvalue weighted by atomic mass is 10.2. The molecule has 3 aromatic rings. The highest BCUT2D eigenvalue weighted by Crippen LogP contribution is 2.19. The van der Waals surface area contributed by atoms with Crippen LogP contribution in [0.15, 0.2) is 46.9 Å². The lowest BCUT2D eigenvalue weighted by Crippen LogP contribution is -2.37. The normalized spacial score (nSPS) is 12.0. The molecule has 1 unspecified atom stereocenters. The number of aliphatic hydroxyl groups excluding tert-OH is 1. The summed E-state index contributed by atoms with van der Waals surface area (Å²) in [5.74, 6) is 1.34. The van der Waals surface area contributed by atoms with Crippen molar-refractivity contribution in [3.05, 3.63) is 53.9 Å². The summed E-state index contributed by atoms with van der Waals surface area (Å²) in [4.78, 5) is 16.2. The van der Waals surface area contributed by atoms with Crippen LogP contribution < -0.4 is 15.4 Å². The molecule has 8 heteroatoms. The maximum atomic E-state index is 12.0. The van der Waals surface area contributed by atoms with E-state index in [1.54, 1.807) is 32.2 Å². The Hall–Kier alpha value is -3.10. The van der Waals surface area contributed by atoms with Gasteiger partial charge in [-0.15, -0.1) is 0 Å². The van der Waals surface area contributed by atoms with Gasteiger partial charge in [-0.2, -0.15) is 0 Å². The second-order valence-electron chi connectivity index (χ2n) is 6.27. The number of aromatic nitrogens is 1. The number of ether oxygens (including phenoxy) is 2. The topological polar surface area (TPSA) is 106 Å². The molecule has 0 aliphatic rings. The minimum absolute atomic E-state index is 0.0676. The van der Waals surface area contributed by atoms with Crippen molar-refractivity contribution in [3.8, 4) is 5.75 Å². The number of carbonyl (C=O) groups excluding carboxylic acids is 1. The van der Waals surface area contributed by atoms with E-state index >= 15 is 0 Å². The number of aliphatic hydroxyl groups is 1. The molecular formula is C20H23N3O5. The number of hydrogen-bond acceptors (Lipinski definition) is 6. The quantitative estimate of drug-likeness (QED) is 0.551. The molecule has 0 aliphatic carbocycles. The predicted octanol–water partition coefficient (Wildman–Crippen LogP) is 2.84. The van der Waals surface area contributed by atoms with Crippen LogP contribution in [0.2, 0.25) is 0 Å². The Kier molecular flexibility index (Phi) is 6.46. The van der Waals surface area contributed by atoms with Crippen LogP contribution in [0, 0.1) is 6.92 Å². The molecule has 3 N–H and O–H groups in total. The first kappa shape index (κ1) is 19.7. The molecule has 1 heterocycles. The molecule has 1 atom stereocenters. The zero-order valence-corrected chi connectivity index (χ0v) is 15.8. The average molecular weight is 385 g/mol. The van der Waals surface area contributed by atoms with Crippen LogP contribution in [-0.4, -0.2) is 42.5 Å². The Morgan fingerprint density at radius 1 is 1.25 bits per heavy atom. The SMILES string of the molecule is COc1ccc(COCC(O)CNC(=O)Nc2ccc3nc(C)oc3c2)cc1. The monoisotopic (exact) mass is 385 g/mol. The van der Waals surface area contributed by atoms with E-state index in [2.05, 4.69) is 15.6 Å². The highest BCUT2D eigenvalue weighted by atomic mass is 16.5. The van der Waals surface area contributed by atoms with Gasteiger partial charge in [0.25, 0.3) is 0 Å². The standard InChI is InChI=1S/C20H23N3O5/c1-13-22-18-8-5-15(9-19(18)28-13)23-20(25)21-10-16(24)12-27-11-14-3-6-17(26-2)7-4-14/h3-9,16,24H,10-12H2,1-2H3,(H2,21,23,25). The smallest absolute Gasteiger partial charge is 0.319 e. The molecule has 1 aromatic heterocycles. The van der Waals surface area contributed by atoms with Gasteiger partial charge in [-0.25, -0.2) is 9.78 Å². The molecule has 8 nitrogen and oxygen atoms in total. The number of nitrogens with zero attached hydrogens (tertiary/aromatic N) is 1. The van der Waals surface area contributed by atoms with E-state index in [1.807, 2.05) is 24.3 Å². The summed E-state index contributed by atoms with van der Waals surface area (Å²) in [6, 6.07) is 12.2. The Bertz CT molecular complexity index is 923. The fraction of sp³-hybridized carbons (Fsp3) is 0.300. The molecule has 0 aliphatic heterocycles. The Balaban J connectivity index is 1.38. The highest BCUT2D eigenvalue weighted by molar-refractivity contribution is 5.91. The van der Waals surface area contributed by atoms with Crippen molar-refractivity contribution in [3.63, 3.8) is 0 Å². The summed E-state index contributed by atoms with van der Waals surface area (Å²) in [7, 11) is 1.61. The fourth-order valence-corrected chi connectivity index (χ4v) is 2.60. The largest absolute Gasteiger partial charge is 0.497 e. The van der Waals surface area contributed by atoms with Gasteiger partial charge in [0.2, 0.25) is 0 Å². The number of amides is 2. The first-order valence-corrected chi connectivity index (χ1v) is 8.84. The van der Waals surface area contributed by atoms with E-state index in [1.165, 1.54) is 0 Å². The fourth-order valence-electron chi connectivity index (χ4n) is 2.60. The molecule has 28 heavy (non-hydrogen) atoms. The van der Waals surface area contributed by atoms with Gasteiger partial charge in [0.05, 0.1) is 26.4 Å². The Morgan fingerprint density at radius 3 is 2.79 bits per heavy atom. The van der Waals surface area contributed by atoms with Gasteiger partial charge >= 0.3 is 6.03 Å². The van der Waals surface area contributed by atoms with Gasteiger partial charge in [-0.3, -0.25) is 0 Å². The summed E-state index contributed by atoms with van der Waals surface area (Å²) in [5.41, 5.74) is 2.87. The van der Waals surface area contributed by atoms with E-state index in [0.29, 0.717) is 23.8 Å². The number of methoxy groups -OCH3 is 1. The lowest BCUT2D eigenvalue weighted by Gasteiger charge is -2.13. The molecule has 2 aromatic carbocycles. The first-order chi connectivity index (χ1) is 13.5. The third kappa shape index (κ3) is 5.45. The third-order valence-electron chi connectivity index (χ3n) is 3.99. The maximum Gasteiger partial charge on any atom is 0.319 e. The van der Waals surface area contributed by atoms with Crippen molar-refractivity contribution >= 4 is 22.8 Å². The van der Waals surface area contributed by atoms with Gasteiger partial charge in [0.1, 0.15) is 11.3 Å². The highest BCUT2D eigenvalue weighted by Gasteiger charge is 2.09. The number of rotatable bonds is 8. The number of hydrogen-bond donors (Lipinski definition) is 3. The molecule has 0 bridgehead atoms. The molecule has 2 amide bonds. The number of oxazole rings is 1. The van der Waals surface area contributed by atoms with Crippen LogP contribution in [0.1, 0.15) is 11.5 Å². The molecule has 3 rings (SSSR count). The van der Waals surface area contributed by atoms with Crippen LogP contribution in [0.4, 0.5) is 10.5 Å². The number of urea groups is 1. The zero-order chi connectivity index (χ0) is 19.9. The van der Waals surface area contributed by atoms with Crippen molar-refractivity contribution in [2.45, 2.75) is 19.6 Å². The summed E-state index contributed by atoms with van der Waals surface area (Å²) in [5, 5.41) is 15.3. The van der Waals surface area contributed by atoms with Crippen LogP contribution in [0.3, 0.4) is 0 Å². The van der Waals surface area contributed by atoms with Gasteiger partial charge in [0, 0.05) is 25.2 Å². The molecular weight excluding hydrogens is 362 g/mol. The summed E-state index contributed by atoms with van der Waals surface area (Å²) in [6.07, 6.45) is -0.816. The first-order valence-electron chi connectivity index (χ1n) is 8.84. The van der Waals surface area contributed by atoms with Gasteiger partial charge in [-0.1, -0.05) is 12.1 Å². The summed E-state index contributed by atoms with van der Waals surface area (Å²) < 4.78 is 16.0. The summed E-state index contributed by atoms with van der Waals surface area (Å²) >= 11 is 0. The molecule has 0 saturated heterocycles. The predicted molar refractivity (Wildman–Crippen MR) is 104 cm³/mol. The van der Waals surface area contributed by atoms with Crippen molar-refractivity contribution in [2.24, 2.45) is 0 Å². The molecule has 0 saturated carbocycles. The van der Waals surface area contributed by atoms with Gasteiger partial charge in [0.15, 0.2) is 11.5 Å². The van der Waals surface area contributed by atoms with E-state index in [9.17, 15) is 9.90 Å². The molecule has 0 spiro atoms. The maximum absolute atomic E-state index is 12.0. The number of fused-ring (bicyclic) bond motifs is 1.